The van der Waals surface area contributed by atoms with Crippen LogP contribution in [0.4, 0.5) is 11.5 Å². The number of benzene rings is 1. The fourth-order valence-corrected chi connectivity index (χ4v) is 6.13. The smallest absolute Gasteiger partial charge is 0.225 e. The van der Waals surface area contributed by atoms with E-state index in [1.54, 1.807) is 28.8 Å². The van der Waals surface area contributed by atoms with Crippen molar-refractivity contribution in [2.24, 2.45) is 5.92 Å². The van der Waals surface area contributed by atoms with E-state index in [4.69, 9.17) is 9.47 Å². The predicted octanol–water partition coefficient (Wildman–Crippen LogP) is 3.67. The highest BCUT2D eigenvalue weighted by Crippen LogP contribution is 2.42. The van der Waals surface area contributed by atoms with E-state index in [-0.39, 0.29) is 17.9 Å². The third-order valence-corrected chi connectivity index (χ3v) is 7.77. The zero-order valence-electron chi connectivity index (χ0n) is 19.1. The van der Waals surface area contributed by atoms with E-state index in [9.17, 15) is 4.79 Å². The summed E-state index contributed by atoms with van der Waals surface area (Å²) in [5.41, 5.74) is 3.00. The normalized spacial score (nSPS) is 19.9. The van der Waals surface area contributed by atoms with Crippen LogP contribution in [0, 0.1) is 5.92 Å². The highest BCUT2D eigenvalue weighted by atomic mass is 32.1. The lowest BCUT2D eigenvalue weighted by molar-refractivity contribution is -0.133. The van der Waals surface area contributed by atoms with Gasteiger partial charge >= 0.3 is 0 Å². The number of thiophene rings is 1. The standard InChI is InChI=1S/C24H26N6O3S/c1-30(2)24(31)13-3-4-16-20(8-13)34-23-21(16)22(25-12-26-23)28-18-7-14-10-27-29-17(14)9-19(18)33-15-5-6-32-11-15/h7,9-10,12-13,15H,3-6,8,11H2,1-2H3,(H,27,29)(H,25,26,28)/t13-,15-/m0/s1. The minimum atomic E-state index is 0.0198. The molecule has 176 valence electrons. The zero-order valence-corrected chi connectivity index (χ0v) is 19.9. The quantitative estimate of drug-likeness (QED) is 0.451. The number of carbonyl (C=O) groups excluding carboxylic acids is 1. The summed E-state index contributed by atoms with van der Waals surface area (Å²) in [6, 6.07) is 4.00. The van der Waals surface area contributed by atoms with Gasteiger partial charge in [-0.15, -0.1) is 11.3 Å². The summed E-state index contributed by atoms with van der Waals surface area (Å²) in [7, 11) is 3.65. The highest BCUT2D eigenvalue weighted by Gasteiger charge is 2.30. The fraction of sp³-hybridized carbons (Fsp3) is 0.417. The number of aromatic nitrogens is 4. The van der Waals surface area contributed by atoms with Gasteiger partial charge in [-0.2, -0.15) is 5.10 Å². The molecule has 6 rings (SSSR count). The van der Waals surface area contributed by atoms with Crippen LogP contribution in [-0.2, 0) is 22.4 Å². The molecule has 34 heavy (non-hydrogen) atoms. The number of hydrogen-bond donors (Lipinski definition) is 2. The van der Waals surface area contributed by atoms with Crippen molar-refractivity contribution in [3.63, 3.8) is 0 Å². The largest absolute Gasteiger partial charge is 0.486 e. The molecule has 1 saturated heterocycles. The SMILES string of the molecule is CN(C)C(=O)[C@H]1CCc2c(sc3ncnc(Nc4cc5cn[nH]c5cc4O[C@H]4CCOC4)c23)C1. The number of nitrogens with zero attached hydrogens (tertiary/aromatic N) is 4. The van der Waals surface area contributed by atoms with Crippen LogP contribution in [0.25, 0.3) is 21.1 Å². The molecule has 3 aromatic heterocycles. The summed E-state index contributed by atoms with van der Waals surface area (Å²) in [5, 5.41) is 12.7. The molecule has 1 aliphatic heterocycles. The van der Waals surface area contributed by atoms with Crippen molar-refractivity contribution in [2.75, 3.05) is 32.6 Å². The number of aromatic amines is 1. The Morgan fingerprint density at radius 1 is 1.29 bits per heavy atom. The van der Waals surface area contributed by atoms with Crippen LogP contribution in [0.5, 0.6) is 5.75 Å². The van der Waals surface area contributed by atoms with Gasteiger partial charge in [0.05, 0.1) is 36.0 Å². The Kier molecular flexibility index (Phi) is 5.34. The minimum absolute atomic E-state index is 0.0198. The average molecular weight is 479 g/mol. The molecule has 1 aliphatic carbocycles. The van der Waals surface area contributed by atoms with Gasteiger partial charge in [-0.3, -0.25) is 9.89 Å². The summed E-state index contributed by atoms with van der Waals surface area (Å²) >= 11 is 1.67. The summed E-state index contributed by atoms with van der Waals surface area (Å²) in [6.45, 7) is 1.30. The summed E-state index contributed by atoms with van der Waals surface area (Å²) in [5.74, 6) is 1.71. The Hall–Kier alpha value is -3.24. The van der Waals surface area contributed by atoms with Crippen molar-refractivity contribution in [3.8, 4) is 5.75 Å². The van der Waals surface area contributed by atoms with Crippen molar-refractivity contribution in [1.29, 1.82) is 0 Å². The van der Waals surface area contributed by atoms with E-state index in [1.807, 2.05) is 26.2 Å². The molecule has 10 heteroatoms. The first kappa shape index (κ1) is 21.3. The Balaban J connectivity index is 1.37. The van der Waals surface area contributed by atoms with E-state index < -0.39 is 0 Å². The maximum atomic E-state index is 12.6. The number of hydrogen-bond acceptors (Lipinski definition) is 8. The Morgan fingerprint density at radius 3 is 3.03 bits per heavy atom. The van der Waals surface area contributed by atoms with Crippen molar-refractivity contribution in [1.82, 2.24) is 25.1 Å². The van der Waals surface area contributed by atoms with E-state index >= 15 is 0 Å². The second-order valence-electron chi connectivity index (χ2n) is 9.11. The van der Waals surface area contributed by atoms with Gasteiger partial charge in [-0.25, -0.2) is 9.97 Å². The summed E-state index contributed by atoms with van der Waals surface area (Å²) in [6.07, 6.45) is 6.70. The Morgan fingerprint density at radius 2 is 2.21 bits per heavy atom. The van der Waals surface area contributed by atoms with Crippen LogP contribution < -0.4 is 10.1 Å². The average Bonchev–Trinajstić information content (AvgIpc) is 3.58. The topological polar surface area (TPSA) is 105 Å². The van der Waals surface area contributed by atoms with Crippen LogP contribution in [0.15, 0.2) is 24.7 Å². The van der Waals surface area contributed by atoms with Gasteiger partial charge in [-0.05, 0) is 30.9 Å². The van der Waals surface area contributed by atoms with E-state index in [1.165, 1.54) is 10.4 Å². The lowest BCUT2D eigenvalue weighted by atomic mass is 9.87. The van der Waals surface area contributed by atoms with E-state index in [0.29, 0.717) is 13.2 Å². The third-order valence-electron chi connectivity index (χ3n) is 6.61. The van der Waals surface area contributed by atoms with Crippen molar-refractivity contribution in [3.05, 3.63) is 35.1 Å². The van der Waals surface area contributed by atoms with Gasteiger partial charge in [0.1, 0.15) is 28.8 Å². The summed E-state index contributed by atoms with van der Waals surface area (Å²) in [4.78, 5) is 25.6. The van der Waals surface area contributed by atoms with E-state index in [2.05, 4.69) is 25.5 Å². The molecule has 1 fully saturated rings. The first-order valence-electron chi connectivity index (χ1n) is 11.5. The Bertz CT molecular complexity index is 1370. The lowest BCUT2D eigenvalue weighted by Gasteiger charge is -2.24. The van der Waals surface area contributed by atoms with Gasteiger partial charge < -0.3 is 19.7 Å². The molecule has 0 radical (unpaired) electrons. The number of nitrogens with one attached hydrogen (secondary N) is 2. The Labute approximate surface area is 200 Å². The lowest BCUT2D eigenvalue weighted by Crippen LogP contribution is -2.32. The van der Waals surface area contributed by atoms with Crippen LogP contribution in [0.2, 0.25) is 0 Å². The maximum Gasteiger partial charge on any atom is 0.225 e. The van der Waals surface area contributed by atoms with Gasteiger partial charge in [0.15, 0.2) is 0 Å². The number of rotatable bonds is 5. The van der Waals surface area contributed by atoms with E-state index in [0.717, 1.165) is 64.1 Å². The molecule has 2 N–H and O–H groups in total. The van der Waals surface area contributed by atoms with Crippen LogP contribution in [0.3, 0.4) is 0 Å². The molecule has 4 aromatic rings. The molecule has 0 bridgehead atoms. The van der Waals surface area contributed by atoms with Crippen LogP contribution in [-0.4, -0.2) is 64.4 Å². The maximum absolute atomic E-state index is 12.6. The zero-order chi connectivity index (χ0) is 23.2. The summed E-state index contributed by atoms with van der Waals surface area (Å²) < 4.78 is 11.8. The molecule has 0 spiro atoms. The minimum Gasteiger partial charge on any atom is -0.486 e. The van der Waals surface area contributed by atoms with Crippen LogP contribution in [0.1, 0.15) is 23.3 Å². The molecule has 9 nitrogen and oxygen atoms in total. The number of amides is 1. The molecule has 2 atom stereocenters. The molecule has 1 aromatic carbocycles. The van der Waals surface area contributed by atoms with Crippen LogP contribution >= 0.6 is 11.3 Å². The number of aryl methyl sites for hydroxylation is 1. The first-order valence-corrected chi connectivity index (χ1v) is 12.3. The molecule has 4 heterocycles. The van der Waals surface area contributed by atoms with Crippen molar-refractivity contribution >= 4 is 49.9 Å². The second-order valence-corrected chi connectivity index (χ2v) is 10.2. The number of ether oxygens (including phenoxy) is 2. The number of H-pyrrole nitrogens is 1. The molecule has 2 aliphatic rings. The number of fused-ring (bicyclic) bond motifs is 4. The fourth-order valence-electron chi connectivity index (χ4n) is 4.86. The first-order chi connectivity index (χ1) is 16.6. The monoisotopic (exact) mass is 478 g/mol. The number of carbonyl (C=O) groups is 1. The highest BCUT2D eigenvalue weighted by molar-refractivity contribution is 7.19. The number of anilines is 2. The molecule has 1 amide bonds. The van der Waals surface area contributed by atoms with Crippen molar-refractivity contribution < 1.29 is 14.3 Å². The third kappa shape index (κ3) is 3.76. The molecule has 0 unspecified atom stereocenters. The van der Waals surface area contributed by atoms with Crippen molar-refractivity contribution in [2.45, 2.75) is 31.8 Å². The van der Waals surface area contributed by atoms with Gasteiger partial charge in [0.2, 0.25) is 5.91 Å². The van der Waals surface area contributed by atoms with Gasteiger partial charge in [0.25, 0.3) is 0 Å². The second kappa shape index (κ2) is 8.52. The predicted molar refractivity (Wildman–Crippen MR) is 131 cm³/mol. The van der Waals surface area contributed by atoms with Gasteiger partial charge in [0, 0.05) is 42.8 Å². The van der Waals surface area contributed by atoms with Gasteiger partial charge in [-0.1, -0.05) is 0 Å². The molecular formula is C24H26N6O3S. The molecular weight excluding hydrogens is 452 g/mol. The molecule has 0 saturated carbocycles.